The molecule has 0 aliphatic carbocycles. The number of amides is 2. The van der Waals surface area contributed by atoms with Crippen LogP contribution in [0.2, 0.25) is 5.02 Å². The molecule has 0 aromatic heterocycles. The van der Waals surface area contributed by atoms with Crippen LogP contribution in [0, 0.1) is 0 Å². The molecule has 0 heterocycles. The van der Waals surface area contributed by atoms with Crippen LogP contribution < -0.4 is 5.32 Å². The summed E-state index contributed by atoms with van der Waals surface area (Å²) in [4.78, 5) is 13.1. The number of aliphatic hydroxyl groups excluding tert-OH is 1. The smallest absolute Gasteiger partial charge is 0.395 e. The fourth-order valence-corrected chi connectivity index (χ4v) is 1.76. The van der Waals surface area contributed by atoms with Gasteiger partial charge in [0.25, 0.3) is 0 Å². The molecule has 0 atom stereocenters. The van der Waals surface area contributed by atoms with Gasteiger partial charge >= 0.3 is 12.2 Å². The van der Waals surface area contributed by atoms with E-state index in [1.54, 1.807) is 18.2 Å². The van der Waals surface area contributed by atoms with Crippen LogP contribution >= 0.6 is 11.6 Å². The number of rotatable bonds is 7. The molecular formula is C13H16ClF3N2O3. The third kappa shape index (κ3) is 7.48. The lowest BCUT2D eigenvalue weighted by atomic mass is 10.3. The molecule has 0 bridgehead atoms. The highest BCUT2D eigenvalue weighted by atomic mass is 35.5. The summed E-state index contributed by atoms with van der Waals surface area (Å²) in [6.45, 7) is -2.09. The number of halogens is 4. The van der Waals surface area contributed by atoms with E-state index in [0.717, 1.165) is 4.90 Å². The lowest BCUT2D eigenvalue weighted by Crippen LogP contribution is -2.39. The number of urea groups is 1. The summed E-state index contributed by atoms with van der Waals surface area (Å²) in [6.07, 6.45) is -4.41. The highest BCUT2D eigenvalue weighted by Crippen LogP contribution is 2.16. The van der Waals surface area contributed by atoms with E-state index in [4.69, 9.17) is 16.7 Å². The lowest BCUT2D eigenvalue weighted by Gasteiger charge is -2.22. The normalized spacial score (nSPS) is 11.3. The number of hydrogen-bond acceptors (Lipinski definition) is 3. The van der Waals surface area contributed by atoms with Gasteiger partial charge in [0.05, 0.1) is 13.2 Å². The predicted octanol–water partition coefficient (Wildman–Crippen LogP) is 2.75. The number of ether oxygens (including phenoxy) is 1. The van der Waals surface area contributed by atoms with Crippen molar-refractivity contribution in [2.45, 2.75) is 6.18 Å². The van der Waals surface area contributed by atoms with Crippen LogP contribution in [0.25, 0.3) is 0 Å². The predicted molar refractivity (Wildman–Crippen MR) is 76.0 cm³/mol. The Balaban J connectivity index is 2.49. The van der Waals surface area contributed by atoms with Gasteiger partial charge in [-0.1, -0.05) is 17.7 Å². The van der Waals surface area contributed by atoms with Crippen molar-refractivity contribution in [3.8, 4) is 0 Å². The minimum absolute atomic E-state index is 0.0260. The van der Waals surface area contributed by atoms with E-state index in [9.17, 15) is 18.0 Å². The summed E-state index contributed by atoms with van der Waals surface area (Å²) in [5, 5.41) is 11.9. The van der Waals surface area contributed by atoms with Crippen LogP contribution in [0.5, 0.6) is 0 Å². The van der Waals surface area contributed by atoms with Crippen LogP contribution in [-0.4, -0.2) is 55.1 Å². The molecule has 9 heteroatoms. The average molecular weight is 341 g/mol. The summed E-state index contributed by atoms with van der Waals surface area (Å²) in [7, 11) is 0. The molecule has 0 aliphatic rings. The minimum atomic E-state index is -4.41. The molecule has 0 saturated carbocycles. The van der Waals surface area contributed by atoms with E-state index in [-0.39, 0.29) is 26.3 Å². The van der Waals surface area contributed by atoms with Gasteiger partial charge in [0.2, 0.25) is 0 Å². The maximum absolute atomic E-state index is 12.0. The summed E-state index contributed by atoms with van der Waals surface area (Å²) >= 11 is 5.78. The van der Waals surface area contributed by atoms with Gasteiger partial charge in [0, 0.05) is 23.8 Å². The fourth-order valence-electron chi connectivity index (χ4n) is 1.57. The zero-order valence-electron chi connectivity index (χ0n) is 11.6. The van der Waals surface area contributed by atoms with Crippen molar-refractivity contribution in [2.24, 2.45) is 0 Å². The van der Waals surface area contributed by atoms with Crippen molar-refractivity contribution in [3.63, 3.8) is 0 Å². The maximum Gasteiger partial charge on any atom is 0.411 e. The third-order valence-electron chi connectivity index (χ3n) is 2.50. The Morgan fingerprint density at radius 2 is 2.09 bits per heavy atom. The number of anilines is 1. The van der Waals surface area contributed by atoms with E-state index < -0.39 is 18.8 Å². The number of aliphatic hydroxyl groups is 1. The Kier molecular flexibility index (Phi) is 7.43. The van der Waals surface area contributed by atoms with E-state index in [1.165, 1.54) is 6.07 Å². The van der Waals surface area contributed by atoms with Gasteiger partial charge in [-0.2, -0.15) is 13.2 Å². The van der Waals surface area contributed by atoms with Crippen LogP contribution in [0.1, 0.15) is 0 Å². The molecule has 1 aromatic carbocycles. The molecule has 2 N–H and O–H groups in total. The topological polar surface area (TPSA) is 61.8 Å². The molecule has 22 heavy (non-hydrogen) atoms. The van der Waals surface area contributed by atoms with Gasteiger partial charge < -0.3 is 20.1 Å². The number of alkyl halides is 3. The molecular weight excluding hydrogens is 325 g/mol. The monoisotopic (exact) mass is 340 g/mol. The molecule has 5 nitrogen and oxygen atoms in total. The van der Waals surface area contributed by atoms with Gasteiger partial charge in [-0.05, 0) is 18.2 Å². The van der Waals surface area contributed by atoms with Gasteiger partial charge in [-0.25, -0.2) is 4.79 Å². The minimum Gasteiger partial charge on any atom is -0.395 e. The van der Waals surface area contributed by atoms with Crippen molar-refractivity contribution in [3.05, 3.63) is 29.3 Å². The molecule has 124 valence electrons. The van der Waals surface area contributed by atoms with Crippen molar-refractivity contribution in [2.75, 3.05) is 38.2 Å². The first kappa shape index (κ1) is 18.5. The second kappa shape index (κ2) is 8.82. The standard InChI is InChI=1S/C13H16ClF3N2O3/c14-10-2-1-3-11(8-10)18-12(21)19(4-6-20)5-7-22-9-13(15,16)17/h1-3,8,20H,4-7,9H2,(H,18,21). The molecule has 0 spiro atoms. The SMILES string of the molecule is O=C(Nc1cccc(Cl)c1)N(CCO)CCOCC(F)(F)F. The zero-order chi connectivity index (χ0) is 16.6. The lowest BCUT2D eigenvalue weighted by molar-refractivity contribution is -0.174. The van der Waals surface area contributed by atoms with Gasteiger partial charge in [0.15, 0.2) is 0 Å². The quantitative estimate of drug-likeness (QED) is 0.750. The number of benzene rings is 1. The highest BCUT2D eigenvalue weighted by Gasteiger charge is 2.27. The number of nitrogens with one attached hydrogen (secondary N) is 1. The van der Waals surface area contributed by atoms with Crippen molar-refractivity contribution in [1.82, 2.24) is 4.90 Å². The second-order valence-electron chi connectivity index (χ2n) is 4.32. The van der Waals surface area contributed by atoms with Crippen molar-refractivity contribution in [1.29, 1.82) is 0 Å². The van der Waals surface area contributed by atoms with E-state index >= 15 is 0 Å². The molecule has 0 aliphatic heterocycles. The van der Waals surface area contributed by atoms with Gasteiger partial charge in [-0.3, -0.25) is 0 Å². The largest absolute Gasteiger partial charge is 0.411 e. The average Bonchev–Trinajstić information content (AvgIpc) is 2.41. The van der Waals surface area contributed by atoms with Crippen LogP contribution in [-0.2, 0) is 4.74 Å². The van der Waals surface area contributed by atoms with E-state index in [1.807, 2.05) is 0 Å². The Labute approximate surface area is 130 Å². The molecule has 0 fully saturated rings. The van der Waals surface area contributed by atoms with Crippen molar-refractivity contribution < 1.29 is 27.8 Å². The summed E-state index contributed by atoms with van der Waals surface area (Å²) in [5.41, 5.74) is 0.441. The first-order valence-electron chi connectivity index (χ1n) is 6.38. The van der Waals surface area contributed by atoms with Crippen LogP contribution in [0.4, 0.5) is 23.7 Å². The molecule has 0 radical (unpaired) electrons. The zero-order valence-corrected chi connectivity index (χ0v) is 12.3. The molecule has 2 amide bonds. The third-order valence-corrected chi connectivity index (χ3v) is 2.74. The maximum atomic E-state index is 12.0. The van der Waals surface area contributed by atoms with Gasteiger partial charge in [-0.15, -0.1) is 0 Å². The van der Waals surface area contributed by atoms with Crippen LogP contribution in [0.15, 0.2) is 24.3 Å². The number of nitrogens with zero attached hydrogens (tertiary/aromatic N) is 1. The summed E-state index contributed by atoms with van der Waals surface area (Å²) in [6, 6.07) is 5.85. The van der Waals surface area contributed by atoms with E-state index in [0.29, 0.717) is 10.7 Å². The second-order valence-corrected chi connectivity index (χ2v) is 4.76. The Morgan fingerprint density at radius 1 is 1.36 bits per heavy atom. The molecule has 0 saturated heterocycles. The number of carbonyl (C=O) groups excluding carboxylic acids is 1. The highest BCUT2D eigenvalue weighted by molar-refractivity contribution is 6.30. The Bertz CT molecular complexity index is 486. The summed E-state index contributed by atoms with van der Waals surface area (Å²) < 4.78 is 40.3. The molecule has 0 unspecified atom stereocenters. The summed E-state index contributed by atoms with van der Waals surface area (Å²) in [5.74, 6) is 0. The molecule has 1 aromatic rings. The van der Waals surface area contributed by atoms with Gasteiger partial charge in [0.1, 0.15) is 6.61 Å². The number of carbonyl (C=O) groups is 1. The first-order chi connectivity index (χ1) is 10.3. The Hall–Kier alpha value is -1.51. The number of hydrogen-bond donors (Lipinski definition) is 2. The molecule has 1 rings (SSSR count). The van der Waals surface area contributed by atoms with E-state index in [2.05, 4.69) is 10.1 Å². The first-order valence-corrected chi connectivity index (χ1v) is 6.76. The van der Waals surface area contributed by atoms with Crippen LogP contribution in [0.3, 0.4) is 0 Å². The fraction of sp³-hybridized carbons (Fsp3) is 0.462. The Morgan fingerprint density at radius 3 is 2.68 bits per heavy atom. The van der Waals surface area contributed by atoms with Crippen molar-refractivity contribution >= 4 is 23.3 Å².